The molecule has 0 saturated carbocycles. The number of nitrogens with one attached hydrogen (secondary N) is 1. The molecule has 0 radical (unpaired) electrons. The van der Waals surface area contributed by atoms with Crippen molar-refractivity contribution in [3.8, 4) is 0 Å². The number of pyridine rings is 2. The zero-order valence-electron chi connectivity index (χ0n) is 12.6. The SMILES string of the molecule is CN(C(=O)c1ccc2cncc(Br)c2n1)C1CCCCNC1. The quantitative estimate of drug-likeness (QED) is 0.891. The van der Waals surface area contributed by atoms with E-state index in [1.54, 1.807) is 18.5 Å². The molecule has 1 saturated heterocycles. The predicted octanol–water partition coefficient (Wildman–Crippen LogP) is 2.61. The first-order valence-electron chi connectivity index (χ1n) is 7.55. The second kappa shape index (κ2) is 6.71. The van der Waals surface area contributed by atoms with Crippen LogP contribution in [0, 0.1) is 0 Å². The van der Waals surface area contributed by atoms with Gasteiger partial charge < -0.3 is 10.2 Å². The highest BCUT2D eigenvalue weighted by molar-refractivity contribution is 9.10. The second-order valence-electron chi connectivity index (χ2n) is 5.66. The lowest BCUT2D eigenvalue weighted by Crippen LogP contribution is -2.42. The van der Waals surface area contributed by atoms with E-state index in [0.717, 1.165) is 41.3 Å². The normalized spacial score (nSPS) is 18.9. The molecule has 22 heavy (non-hydrogen) atoms. The number of hydrogen-bond acceptors (Lipinski definition) is 4. The number of nitrogens with zero attached hydrogens (tertiary/aromatic N) is 3. The maximum Gasteiger partial charge on any atom is 0.272 e. The van der Waals surface area contributed by atoms with Crippen LogP contribution in [-0.4, -0.2) is 47.0 Å². The first-order chi connectivity index (χ1) is 10.7. The van der Waals surface area contributed by atoms with Crippen LogP contribution in [0.4, 0.5) is 0 Å². The fourth-order valence-electron chi connectivity index (χ4n) is 2.81. The van der Waals surface area contributed by atoms with E-state index in [1.807, 2.05) is 18.0 Å². The third kappa shape index (κ3) is 3.13. The molecular formula is C16H19BrN4O. The summed E-state index contributed by atoms with van der Waals surface area (Å²) in [5.41, 5.74) is 1.25. The molecule has 1 unspecified atom stereocenters. The van der Waals surface area contributed by atoms with Crippen molar-refractivity contribution in [2.45, 2.75) is 25.3 Å². The summed E-state index contributed by atoms with van der Waals surface area (Å²) < 4.78 is 0.804. The highest BCUT2D eigenvalue weighted by atomic mass is 79.9. The van der Waals surface area contributed by atoms with Gasteiger partial charge in [-0.2, -0.15) is 0 Å². The van der Waals surface area contributed by atoms with Crippen LogP contribution in [0.25, 0.3) is 10.9 Å². The van der Waals surface area contributed by atoms with Crippen molar-refractivity contribution in [2.75, 3.05) is 20.1 Å². The summed E-state index contributed by atoms with van der Waals surface area (Å²) in [6.45, 7) is 1.89. The van der Waals surface area contributed by atoms with Crippen molar-refractivity contribution in [3.05, 3.63) is 34.7 Å². The lowest BCUT2D eigenvalue weighted by Gasteiger charge is -2.27. The molecule has 3 rings (SSSR count). The number of halogens is 1. The number of likely N-dealkylation sites (N-methyl/N-ethyl adjacent to an activating group) is 1. The van der Waals surface area contributed by atoms with Crippen LogP contribution in [-0.2, 0) is 0 Å². The van der Waals surface area contributed by atoms with Crippen molar-refractivity contribution >= 4 is 32.7 Å². The van der Waals surface area contributed by atoms with E-state index in [4.69, 9.17) is 0 Å². The largest absolute Gasteiger partial charge is 0.336 e. The summed E-state index contributed by atoms with van der Waals surface area (Å²) in [6, 6.07) is 3.90. The van der Waals surface area contributed by atoms with Gasteiger partial charge in [0.25, 0.3) is 5.91 Å². The van der Waals surface area contributed by atoms with Gasteiger partial charge in [-0.05, 0) is 47.4 Å². The van der Waals surface area contributed by atoms with E-state index < -0.39 is 0 Å². The summed E-state index contributed by atoms with van der Waals surface area (Å²) in [6.07, 6.45) is 6.81. The van der Waals surface area contributed by atoms with Crippen molar-refractivity contribution in [3.63, 3.8) is 0 Å². The van der Waals surface area contributed by atoms with E-state index in [9.17, 15) is 4.79 Å². The average Bonchev–Trinajstić information content (AvgIpc) is 2.83. The molecule has 1 atom stereocenters. The van der Waals surface area contributed by atoms with E-state index in [2.05, 4.69) is 31.2 Å². The zero-order chi connectivity index (χ0) is 15.5. The van der Waals surface area contributed by atoms with Crippen molar-refractivity contribution < 1.29 is 4.79 Å². The Bertz CT molecular complexity index is 683. The minimum atomic E-state index is -0.0284. The van der Waals surface area contributed by atoms with Gasteiger partial charge in [0.2, 0.25) is 0 Å². The van der Waals surface area contributed by atoms with Gasteiger partial charge in [0.1, 0.15) is 5.69 Å². The molecule has 0 spiro atoms. The molecule has 5 nitrogen and oxygen atoms in total. The average molecular weight is 363 g/mol. The van der Waals surface area contributed by atoms with Crippen LogP contribution >= 0.6 is 15.9 Å². The Kier molecular flexibility index (Phi) is 4.69. The monoisotopic (exact) mass is 362 g/mol. The highest BCUT2D eigenvalue weighted by Gasteiger charge is 2.23. The molecule has 1 aliphatic heterocycles. The van der Waals surface area contributed by atoms with Gasteiger partial charge in [-0.25, -0.2) is 4.98 Å². The number of fused-ring (bicyclic) bond motifs is 1. The lowest BCUT2D eigenvalue weighted by atomic mass is 10.1. The molecule has 2 aromatic rings. The number of carbonyl (C=O) groups excluding carboxylic acids is 1. The molecular weight excluding hydrogens is 344 g/mol. The van der Waals surface area contributed by atoms with Gasteiger partial charge >= 0.3 is 0 Å². The molecule has 0 bridgehead atoms. The molecule has 1 N–H and O–H groups in total. The summed E-state index contributed by atoms with van der Waals surface area (Å²) in [5, 5.41) is 4.31. The van der Waals surface area contributed by atoms with Crippen molar-refractivity contribution in [1.82, 2.24) is 20.2 Å². The number of rotatable bonds is 2. The highest BCUT2D eigenvalue weighted by Crippen LogP contribution is 2.21. The van der Waals surface area contributed by atoms with Crippen LogP contribution in [0.1, 0.15) is 29.8 Å². The van der Waals surface area contributed by atoms with E-state index >= 15 is 0 Å². The Balaban J connectivity index is 1.86. The maximum atomic E-state index is 12.7. The number of hydrogen-bond donors (Lipinski definition) is 1. The van der Waals surface area contributed by atoms with Crippen molar-refractivity contribution in [1.29, 1.82) is 0 Å². The summed E-state index contributed by atoms with van der Waals surface area (Å²) in [5.74, 6) is -0.0284. The third-order valence-corrected chi connectivity index (χ3v) is 4.74. The van der Waals surface area contributed by atoms with Crippen LogP contribution in [0.5, 0.6) is 0 Å². The minimum absolute atomic E-state index is 0.0284. The fourth-order valence-corrected chi connectivity index (χ4v) is 3.24. The maximum absolute atomic E-state index is 12.7. The first kappa shape index (κ1) is 15.4. The molecule has 0 aromatic carbocycles. The van der Waals surface area contributed by atoms with Gasteiger partial charge in [0.15, 0.2) is 0 Å². The smallest absolute Gasteiger partial charge is 0.272 e. The summed E-state index contributed by atoms with van der Waals surface area (Å²) in [4.78, 5) is 23.2. The molecule has 1 amide bonds. The molecule has 0 aliphatic carbocycles. The summed E-state index contributed by atoms with van der Waals surface area (Å²) in [7, 11) is 1.87. The van der Waals surface area contributed by atoms with Crippen LogP contribution < -0.4 is 5.32 Å². The molecule has 2 aromatic heterocycles. The Labute approximate surface area is 138 Å². The second-order valence-corrected chi connectivity index (χ2v) is 6.51. The Morgan fingerprint density at radius 2 is 2.23 bits per heavy atom. The minimum Gasteiger partial charge on any atom is -0.336 e. The Hall–Kier alpha value is -1.53. The Morgan fingerprint density at radius 3 is 3.09 bits per heavy atom. The number of amides is 1. The van der Waals surface area contributed by atoms with Gasteiger partial charge in [0.05, 0.1) is 9.99 Å². The fraction of sp³-hybridized carbons (Fsp3) is 0.438. The number of carbonyl (C=O) groups is 1. The van der Waals surface area contributed by atoms with Crippen LogP contribution in [0.3, 0.4) is 0 Å². The van der Waals surface area contributed by atoms with E-state index in [-0.39, 0.29) is 11.9 Å². The van der Waals surface area contributed by atoms with E-state index in [0.29, 0.717) is 5.69 Å². The van der Waals surface area contributed by atoms with Crippen molar-refractivity contribution in [2.24, 2.45) is 0 Å². The number of aromatic nitrogens is 2. The topological polar surface area (TPSA) is 58.1 Å². The molecule has 116 valence electrons. The third-order valence-electron chi connectivity index (χ3n) is 4.16. The first-order valence-corrected chi connectivity index (χ1v) is 8.34. The molecule has 6 heteroatoms. The standard InChI is InChI=1S/C16H19BrN4O/c1-21(12-4-2-3-7-18-9-12)16(22)14-6-5-11-8-19-10-13(17)15(11)20-14/h5-6,8,10,12,18H,2-4,7,9H2,1H3. The molecule has 1 aliphatic rings. The molecule has 1 fully saturated rings. The van der Waals surface area contributed by atoms with Crippen LogP contribution in [0.2, 0.25) is 0 Å². The Morgan fingerprint density at radius 1 is 1.36 bits per heavy atom. The lowest BCUT2D eigenvalue weighted by molar-refractivity contribution is 0.0721. The van der Waals surface area contributed by atoms with Crippen LogP contribution in [0.15, 0.2) is 29.0 Å². The van der Waals surface area contributed by atoms with Gasteiger partial charge in [-0.3, -0.25) is 9.78 Å². The van der Waals surface area contributed by atoms with Gasteiger partial charge in [-0.15, -0.1) is 0 Å². The zero-order valence-corrected chi connectivity index (χ0v) is 14.1. The predicted molar refractivity (Wildman–Crippen MR) is 89.8 cm³/mol. The van der Waals surface area contributed by atoms with Gasteiger partial charge in [0, 0.05) is 37.4 Å². The summed E-state index contributed by atoms with van der Waals surface area (Å²) >= 11 is 3.44. The van der Waals surface area contributed by atoms with E-state index in [1.165, 1.54) is 6.42 Å². The van der Waals surface area contributed by atoms with Gasteiger partial charge in [-0.1, -0.05) is 6.42 Å². The molecule has 3 heterocycles.